The molecule has 2 N–H and O–H groups in total. The van der Waals surface area contributed by atoms with E-state index in [1.165, 1.54) is 0 Å². The summed E-state index contributed by atoms with van der Waals surface area (Å²) in [6.07, 6.45) is 4.26. The zero-order chi connectivity index (χ0) is 5.11. The van der Waals surface area contributed by atoms with Gasteiger partial charge >= 0.3 is 18.6 Å². The van der Waals surface area contributed by atoms with Gasteiger partial charge in [0.1, 0.15) is 0 Å². The number of aromatic amines is 1. The summed E-state index contributed by atoms with van der Waals surface area (Å²) in [5.74, 6) is 0.750. The number of H-pyrrole nitrogens is 1. The first-order chi connectivity index (χ1) is 3.43. The molecule has 1 heterocycles. The van der Waals surface area contributed by atoms with Gasteiger partial charge in [-0.3, -0.25) is 0 Å². The standard InChI is InChI=1S/C4H6N3.CH3.V/c1-5-4-6-2-3-7-4;;/h2H,1H3,(H2,5,6,7);1H3;/q2*-1;+2. The largest absolute Gasteiger partial charge is 2.00 e. The van der Waals surface area contributed by atoms with Crippen molar-refractivity contribution in [2.24, 2.45) is 0 Å². The van der Waals surface area contributed by atoms with Gasteiger partial charge in [0.05, 0.1) is 0 Å². The molecule has 0 fully saturated rings. The Morgan fingerprint density at radius 2 is 2.44 bits per heavy atom. The molecule has 0 bridgehead atoms. The SMILES string of the molecule is CNc1n[c-]c[nH]1.[CH3-].[V+2]. The second-order valence-corrected chi connectivity index (χ2v) is 1.13. The van der Waals surface area contributed by atoms with Crippen molar-refractivity contribution in [1.29, 1.82) is 0 Å². The fourth-order valence-electron chi connectivity index (χ4n) is 0.358. The average Bonchev–Trinajstić information content (AvgIpc) is 2.14. The average molecular weight is 162 g/mol. The van der Waals surface area contributed by atoms with Crippen LogP contribution in [0.1, 0.15) is 0 Å². The third kappa shape index (κ3) is 3.22. The van der Waals surface area contributed by atoms with Crippen LogP contribution in [-0.4, -0.2) is 17.0 Å². The van der Waals surface area contributed by atoms with E-state index in [-0.39, 0.29) is 26.0 Å². The molecule has 1 aromatic heterocycles. The van der Waals surface area contributed by atoms with Gasteiger partial charge in [0.15, 0.2) is 0 Å². The van der Waals surface area contributed by atoms with Crippen LogP contribution in [0.2, 0.25) is 0 Å². The van der Waals surface area contributed by atoms with Crippen molar-refractivity contribution in [3.63, 3.8) is 0 Å². The summed E-state index contributed by atoms with van der Waals surface area (Å²) in [6, 6.07) is 0. The maximum atomic E-state index is 3.74. The number of nitrogens with one attached hydrogen (secondary N) is 2. The Labute approximate surface area is 67.2 Å². The number of nitrogens with zero attached hydrogens (tertiary/aromatic N) is 1. The molecule has 4 heteroatoms. The van der Waals surface area contributed by atoms with Gasteiger partial charge in [0, 0.05) is 5.95 Å². The molecule has 1 radical (unpaired) electrons. The normalized spacial score (nSPS) is 6.78. The third-order valence-electron chi connectivity index (χ3n) is 0.687. The predicted octanol–water partition coefficient (Wildman–Crippen LogP) is 0.699. The molecule has 0 aliphatic heterocycles. The smallest absolute Gasteiger partial charge is 0.436 e. The molecular weight excluding hydrogens is 153 g/mol. The molecule has 0 spiro atoms. The number of rotatable bonds is 1. The van der Waals surface area contributed by atoms with Gasteiger partial charge in [-0.2, -0.15) is 0 Å². The monoisotopic (exact) mass is 162 g/mol. The van der Waals surface area contributed by atoms with Gasteiger partial charge in [0.2, 0.25) is 0 Å². The van der Waals surface area contributed by atoms with E-state index in [4.69, 9.17) is 0 Å². The van der Waals surface area contributed by atoms with Gasteiger partial charge in [-0.15, -0.1) is 6.20 Å². The van der Waals surface area contributed by atoms with E-state index in [0.29, 0.717) is 0 Å². The minimum Gasteiger partial charge on any atom is -0.436 e. The molecule has 0 aromatic carbocycles. The minimum absolute atomic E-state index is 0. The summed E-state index contributed by atoms with van der Waals surface area (Å²) in [6.45, 7) is 0. The van der Waals surface area contributed by atoms with Crippen LogP contribution >= 0.6 is 0 Å². The summed E-state index contributed by atoms with van der Waals surface area (Å²) in [4.78, 5) is 6.55. The zero-order valence-corrected chi connectivity index (χ0v) is 6.87. The van der Waals surface area contributed by atoms with Crippen molar-refractivity contribution in [3.8, 4) is 0 Å². The molecule has 0 aliphatic rings. The van der Waals surface area contributed by atoms with E-state index in [0.717, 1.165) is 5.95 Å². The van der Waals surface area contributed by atoms with Gasteiger partial charge in [-0.25, -0.2) is 0 Å². The van der Waals surface area contributed by atoms with E-state index in [1.54, 1.807) is 13.2 Å². The summed E-state index contributed by atoms with van der Waals surface area (Å²) in [5.41, 5.74) is 0. The molecule has 0 amide bonds. The molecule has 1 rings (SSSR count). The number of hydrogen-bond acceptors (Lipinski definition) is 2. The molecule has 0 saturated heterocycles. The second kappa shape index (κ2) is 5.73. The summed E-state index contributed by atoms with van der Waals surface area (Å²) >= 11 is 0. The van der Waals surface area contributed by atoms with E-state index < -0.39 is 0 Å². The first-order valence-corrected chi connectivity index (χ1v) is 2.02. The third-order valence-corrected chi connectivity index (χ3v) is 0.687. The van der Waals surface area contributed by atoms with Gasteiger partial charge in [0.25, 0.3) is 0 Å². The summed E-state index contributed by atoms with van der Waals surface area (Å²) < 4.78 is 0. The molecular formula is C5H9N3V. The number of anilines is 1. The zero-order valence-electron chi connectivity index (χ0n) is 5.47. The number of hydrogen-bond donors (Lipinski definition) is 2. The topological polar surface area (TPSA) is 40.7 Å². The Balaban J connectivity index is 0. The Bertz CT molecular complexity index is 127. The van der Waals surface area contributed by atoms with Gasteiger partial charge in [-0.05, 0) is 7.05 Å². The quantitative estimate of drug-likeness (QED) is 0.596. The van der Waals surface area contributed by atoms with Crippen molar-refractivity contribution in [2.45, 2.75) is 0 Å². The first kappa shape index (κ1) is 11.4. The van der Waals surface area contributed by atoms with E-state index in [2.05, 4.69) is 21.5 Å². The molecule has 0 unspecified atom stereocenters. The van der Waals surface area contributed by atoms with Crippen molar-refractivity contribution in [3.05, 3.63) is 19.8 Å². The second-order valence-electron chi connectivity index (χ2n) is 1.13. The van der Waals surface area contributed by atoms with Crippen molar-refractivity contribution >= 4 is 5.95 Å². The molecule has 1 aromatic rings. The van der Waals surface area contributed by atoms with E-state index in [9.17, 15) is 0 Å². The molecule has 9 heavy (non-hydrogen) atoms. The van der Waals surface area contributed by atoms with Crippen molar-refractivity contribution in [2.75, 3.05) is 12.4 Å². The Kier molecular flexibility index (Phi) is 7.25. The van der Waals surface area contributed by atoms with Crippen LogP contribution in [0.4, 0.5) is 5.95 Å². The van der Waals surface area contributed by atoms with Crippen molar-refractivity contribution < 1.29 is 18.6 Å². The van der Waals surface area contributed by atoms with Crippen LogP contribution in [0, 0.1) is 13.6 Å². The Morgan fingerprint density at radius 3 is 2.67 bits per heavy atom. The maximum Gasteiger partial charge on any atom is 2.00 e. The molecule has 49 valence electrons. The fraction of sp³-hybridized carbons (Fsp3) is 0.200. The molecule has 0 aliphatic carbocycles. The summed E-state index contributed by atoms with van der Waals surface area (Å²) in [5, 5.41) is 2.81. The molecule has 3 nitrogen and oxygen atoms in total. The minimum atomic E-state index is 0. The first-order valence-electron chi connectivity index (χ1n) is 2.02. The Hall–Kier alpha value is -0.406. The molecule has 0 atom stereocenters. The van der Waals surface area contributed by atoms with Crippen LogP contribution in [0.3, 0.4) is 0 Å². The summed E-state index contributed by atoms with van der Waals surface area (Å²) in [7, 11) is 1.80. The number of aromatic nitrogens is 2. The number of imidazole rings is 1. The van der Waals surface area contributed by atoms with E-state index >= 15 is 0 Å². The Morgan fingerprint density at radius 1 is 1.78 bits per heavy atom. The maximum absolute atomic E-state index is 3.74. The molecule has 0 saturated carbocycles. The van der Waals surface area contributed by atoms with Gasteiger partial charge in [-0.1, -0.05) is 6.20 Å². The van der Waals surface area contributed by atoms with Crippen LogP contribution in [0.5, 0.6) is 0 Å². The van der Waals surface area contributed by atoms with Crippen LogP contribution in [-0.2, 0) is 18.6 Å². The van der Waals surface area contributed by atoms with Crippen molar-refractivity contribution in [1.82, 2.24) is 9.97 Å². The fourth-order valence-corrected chi connectivity index (χ4v) is 0.358. The van der Waals surface area contributed by atoms with Gasteiger partial charge < -0.3 is 22.7 Å². The van der Waals surface area contributed by atoms with Crippen LogP contribution in [0.15, 0.2) is 6.20 Å². The van der Waals surface area contributed by atoms with Crippen LogP contribution < -0.4 is 5.32 Å². The van der Waals surface area contributed by atoms with E-state index in [1.807, 2.05) is 0 Å². The van der Waals surface area contributed by atoms with Crippen LogP contribution in [0.25, 0.3) is 0 Å². The predicted molar refractivity (Wildman–Crippen MR) is 33.4 cm³/mol.